The van der Waals surface area contributed by atoms with Crippen molar-refractivity contribution in [2.45, 2.75) is 38.4 Å². The summed E-state index contributed by atoms with van der Waals surface area (Å²) in [6.45, 7) is 3.47. The van der Waals surface area contributed by atoms with Crippen molar-refractivity contribution in [1.82, 2.24) is 15.1 Å². The molecule has 2 aromatic rings. The zero-order valence-electron chi connectivity index (χ0n) is 15.9. The largest absolute Gasteiger partial charge is 0.336 e. The molecule has 140 valence electrons. The van der Waals surface area contributed by atoms with Crippen LogP contribution in [0.4, 0.5) is 4.79 Å². The summed E-state index contributed by atoms with van der Waals surface area (Å²) in [5, 5.41) is 5.28. The number of urea groups is 1. The van der Waals surface area contributed by atoms with Gasteiger partial charge in [-0.05, 0) is 56.8 Å². The molecule has 0 aliphatic heterocycles. The fourth-order valence-electron chi connectivity index (χ4n) is 3.32. The maximum Gasteiger partial charge on any atom is 0.318 e. The summed E-state index contributed by atoms with van der Waals surface area (Å²) in [5.74, 6) is 0.645. The molecule has 4 nitrogen and oxygen atoms in total. The second-order valence-electron chi connectivity index (χ2n) is 7.37. The first-order valence-electron chi connectivity index (χ1n) is 9.34. The Kier molecular flexibility index (Phi) is 6.33. The second kappa shape index (κ2) is 8.69. The molecule has 26 heavy (non-hydrogen) atoms. The second-order valence-corrected chi connectivity index (χ2v) is 8.35. The van der Waals surface area contributed by atoms with E-state index in [1.54, 1.807) is 11.3 Å². The molecule has 2 amide bonds. The highest BCUT2D eigenvalue weighted by Crippen LogP contribution is 2.35. The van der Waals surface area contributed by atoms with E-state index in [0.717, 1.165) is 0 Å². The van der Waals surface area contributed by atoms with Crippen molar-refractivity contribution in [3.8, 4) is 0 Å². The molecule has 1 aliphatic carbocycles. The van der Waals surface area contributed by atoms with Gasteiger partial charge in [0.1, 0.15) is 0 Å². The molecule has 2 unspecified atom stereocenters. The predicted octanol–water partition coefficient (Wildman–Crippen LogP) is 4.36. The van der Waals surface area contributed by atoms with Crippen LogP contribution in [0.1, 0.15) is 36.2 Å². The summed E-state index contributed by atoms with van der Waals surface area (Å²) in [7, 11) is 4.12. The highest BCUT2D eigenvalue weighted by molar-refractivity contribution is 7.10. The number of carbonyl (C=O) groups is 1. The smallest absolute Gasteiger partial charge is 0.318 e. The van der Waals surface area contributed by atoms with Crippen LogP contribution < -0.4 is 5.32 Å². The van der Waals surface area contributed by atoms with Crippen LogP contribution >= 0.6 is 11.3 Å². The molecule has 1 aliphatic rings. The van der Waals surface area contributed by atoms with Crippen molar-refractivity contribution in [2.75, 3.05) is 20.6 Å². The fraction of sp³-hybridized carbons (Fsp3) is 0.476. The molecule has 0 radical (unpaired) electrons. The molecule has 3 rings (SSSR count). The van der Waals surface area contributed by atoms with Gasteiger partial charge in [0.2, 0.25) is 0 Å². The highest BCUT2D eigenvalue weighted by Gasteiger charge is 2.34. The Morgan fingerprint density at radius 3 is 2.50 bits per heavy atom. The number of rotatable bonds is 8. The Labute approximate surface area is 160 Å². The molecule has 5 heteroatoms. The number of nitrogens with zero attached hydrogens (tertiary/aromatic N) is 2. The zero-order chi connectivity index (χ0) is 18.5. The minimum atomic E-state index is 0.0386. The van der Waals surface area contributed by atoms with Gasteiger partial charge in [-0.2, -0.15) is 0 Å². The summed E-state index contributed by atoms with van der Waals surface area (Å²) in [4.78, 5) is 18.5. The lowest BCUT2D eigenvalue weighted by molar-refractivity contribution is 0.163. The molecule has 0 bridgehead atoms. The quantitative estimate of drug-likeness (QED) is 0.748. The molecule has 0 saturated heterocycles. The van der Waals surface area contributed by atoms with Gasteiger partial charge < -0.3 is 15.1 Å². The van der Waals surface area contributed by atoms with Gasteiger partial charge in [-0.3, -0.25) is 0 Å². The Bertz CT molecular complexity index is 683. The number of thiophene rings is 1. The lowest BCUT2D eigenvalue weighted by atomic mass is 10.1. The van der Waals surface area contributed by atoms with Gasteiger partial charge in [0.15, 0.2) is 0 Å². The molecule has 0 spiro atoms. The predicted molar refractivity (Wildman–Crippen MR) is 108 cm³/mol. The van der Waals surface area contributed by atoms with Gasteiger partial charge in [0, 0.05) is 24.0 Å². The van der Waals surface area contributed by atoms with Gasteiger partial charge >= 0.3 is 6.03 Å². The summed E-state index contributed by atoms with van der Waals surface area (Å²) in [6, 6.07) is 15.0. The van der Waals surface area contributed by atoms with E-state index in [0.29, 0.717) is 19.0 Å². The van der Waals surface area contributed by atoms with E-state index >= 15 is 0 Å². The van der Waals surface area contributed by atoms with E-state index in [1.165, 1.54) is 23.3 Å². The summed E-state index contributed by atoms with van der Waals surface area (Å²) >= 11 is 1.74. The fourth-order valence-corrected chi connectivity index (χ4v) is 4.24. The van der Waals surface area contributed by atoms with Gasteiger partial charge in [-0.15, -0.1) is 11.3 Å². The monoisotopic (exact) mass is 371 g/mol. The number of likely N-dealkylation sites (N-methyl/N-ethyl adjacent to an activating group) is 1. The van der Waals surface area contributed by atoms with E-state index in [2.05, 4.69) is 60.9 Å². The third kappa shape index (κ3) is 4.86. The lowest BCUT2D eigenvalue weighted by Crippen LogP contribution is -2.47. The van der Waals surface area contributed by atoms with Crippen molar-refractivity contribution in [2.24, 2.45) is 5.92 Å². The normalized spacial score (nSPS) is 16.3. The van der Waals surface area contributed by atoms with Crippen LogP contribution in [-0.2, 0) is 6.54 Å². The Morgan fingerprint density at radius 1 is 1.19 bits per heavy atom. The molecular weight excluding hydrogens is 342 g/mol. The average molecular weight is 372 g/mol. The maximum absolute atomic E-state index is 13.0. The van der Waals surface area contributed by atoms with Crippen LogP contribution in [0.5, 0.6) is 0 Å². The Morgan fingerprint density at radius 2 is 1.92 bits per heavy atom. The number of hydrogen-bond donors (Lipinski definition) is 1. The van der Waals surface area contributed by atoms with E-state index in [9.17, 15) is 4.79 Å². The van der Waals surface area contributed by atoms with E-state index < -0.39 is 0 Å². The molecule has 1 aromatic heterocycles. The number of nitrogens with one attached hydrogen (secondary N) is 1. The van der Waals surface area contributed by atoms with Gasteiger partial charge in [0.25, 0.3) is 0 Å². The SMILES string of the molecule is CC(C1CC1)N(Cc1ccccc1)C(=O)NCC(c1cccs1)N(C)C. The lowest BCUT2D eigenvalue weighted by Gasteiger charge is -2.31. The number of benzene rings is 1. The third-order valence-electron chi connectivity index (χ3n) is 5.19. The average Bonchev–Trinajstić information content (AvgIpc) is 3.36. The van der Waals surface area contributed by atoms with Crippen LogP contribution in [-0.4, -0.2) is 42.5 Å². The van der Waals surface area contributed by atoms with Gasteiger partial charge in [-0.1, -0.05) is 36.4 Å². The number of hydrogen-bond acceptors (Lipinski definition) is 3. The first-order chi connectivity index (χ1) is 12.6. The van der Waals surface area contributed by atoms with Gasteiger partial charge in [-0.25, -0.2) is 4.79 Å². The minimum Gasteiger partial charge on any atom is -0.336 e. The molecule has 1 heterocycles. The topological polar surface area (TPSA) is 35.6 Å². The number of amides is 2. The maximum atomic E-state index is 13.0. The standard InChI is InChI=1S/C21H29N3OS/c1-16(18-11-12-18)24(15-17-8-5-4-6-9-17)21(25)22-14-19(23(2)3)20-10-7-13-26-20/h4-10,13,16,18-19H,11-12,14-15H2,1-3H3,(H,22,25). The number of carbonyl (C=O) groups excluding carboxylic acids is 1. The molecule has 1 fully saturated rings. The summed E-state index contributed by atoms with van der Waals surface area (Å²) in [6.07, 6.45) is 2.46. The van der Waals surface area contributed by atoms with Crippen LogP contribution in [0, 0.1) is 5.92 Å². The minimum absolute atomic E-state index is 0.0386. The van der Waals surface area contributed by atoms with Crippen LogP contribution in [0.3, 0.4) is 0 Å². The Hall–Kier alpha value is -1.85. The zero-order valence-corrected chi connectivity index (χ0v) is 16.7. The molecule has 1 aromatic carbocycles. The first kappa shape index (κ1) is 18.9. The highest BCUT2D eigenvalue weighted by atomic mass is 32.1. The van der Waals surface area contributed by atoms with Crippen molar-refractivity contribution in [3.05, 3.63) is 58.3 Å². The van der Waals surface area contributed by atoms with Crippen molar-refractivity contribution < 1.29 is 4.79 Å². The molecular formula is C21H29N3OS. The Balaban J connectivity index is 1.66. The summed E-state index contributed by atoms with van der Waals surface area (Å²) in [5.41, 5.74) is 1.18. The van der Waals surface area contributed by atoms with Crippen molar-refractivity contribution >= 4 is 17.4 Å². The van der Waals surface area contributed by atoms with E-state index in [1.807, 2.05) is 23.1 Å². The van der Waals surface area contributed by atoms with Crippen molar-refractivity contribution in [1.29, 1.82) is 0 Å². The molecule has 2 atom stereocenters. The van der Waals surface area contributed by atoms with E-state index in [4.69, 9.17) is 0 Å². The van der Waals surface area contributed by atoms with Crippen molar-refractivity contribution in [3.63, 3.8) is 0 Å². The first-order valence-corrected chi connectivity index (χ1v) is 10.2. The van der Waals surface area contributed by atoms with Crippen LogP contribution in [0.2, 0.25) is 0 Å². The van der Waals surface area contributed by atoms with Crippen LogP contribution in [0.25, 0.3) is 0 Å². The van der Waals surface area contributed by atoms with Gasteiger partial charge in [0.05, 0.1) is 6.04 Å². The summed E-state index contributed by atoms with van der Waals surface area (Å²) < 4.78 is 0. The van der Waals surface area contributed by atoms with E-state index in [-0.39, 0.29) is 18.1 Å². The molecule has 1 N–H and O–H groups in total. The molecule has 1 saturated carbocycles. The van der Waals surface area contributed by atoms with Crippen LogP contribution in [0.15, 0.2) is 47.8 Å². The third-order valence-corrected chi connectivity index (χ3v) is 6.17.